The summed E-state index contributed by atoms with van der Waals surface area (Å²) in [5, 5.41) is 16.2. The molecule has 1 aromatic heterocycles. The number of imide groups is 1. The standard InChI is InChI=1S/C14H16N6O4S/c1-20-14(17-18-19-20)25-8-12(21)16-13(22)15-6-9-7-23-10-4-2-3-5-11(10)24-9/h2-5,9H,6-8H2,1H3,(H2,15,16,21,22)/t9-/m0/s1. The van der Waals surface area contributed by atoms with Crippen molar-refractivity contribution >= 4 is 23.7 Å². The number of fused-ring (bicyclic) bond motifs is 1. The Bertz CT molecular complexity index is 767. The van der Waals surface area contributed by atoms with Gasteiger partial charge in [-0.3, -0.25) is 10.1 Å². The Hall–Kier alpha value is -2.82. The van der Waals surface area contributed by atoms with Crippen molar-refractivity contribution < 1.29 is 19.1 Å². The van der Waals surface area contributed by atoms with Crippen molar-refractivity contribution in [3.8, 4) is 11.5 Å². The van der Waals surface area contributed by atoms with E-state index in [0.29, 0.717) is 23.3 Å². The Morgan fingerprint density at radius 1 is 1.36 bits per heavy atom. The summed E-state index contributed by atoms with van der Waals surface area (Å²) in [4.78, 5) is 23.5. The van der Waals surface area contributed by atoms with Crippen LogP contribution in [0.15, 0.2) is 29.4 Å². The van der Waals surface area contributed by atoms with Gasteiger partial charge in [0.2, 0.25) is 11.1 Å². The second kappa shape index (κ2) is 7.83. The quantitative estimate of drug-likeness (QED) is 0.710. The molecule has 0 aliphatic carbocycles. The number of amides is 3. The third-order valence-electron chi connectivity index (χ3n) is 3.22. The summed E-state index contributed by atoms with van der Waals surface area (Å²) in [5.74, 6) is 0.883. The summed E-state index contributed by atoms with van der Waals surface area (Å²) in [6.45, 7) is 0.536. The zero-order valence-electron chi connectivity index (χ0n) is 13.3. The third kappa shape index (κ3) is 4.59. The van der Waals surface area contributed by atoms with Gasteiger partial charge in [0.1, 0.15) is 6.61 Å². The summed E-state index contributed by atoms with van der Waals surface area (Å²) in [7, 11) is 1.66. The first-order chi connectivity index (χ1) is 12.1. The van der Waals surface area contributed by atoms with E-state index >= 15 is 0 Å². The average Bonchev–Trinajstić information content (AvgIpc) is 3.03. The molecule has 0 radical (unpaired) electrons. The molecule has 1 atom stereocenters. The molecule has 0 saturated heterocycles. The Labute approximate surface area is 147 Å². The molecular formula is C14H16N6O4S. The minimum Gasteiger partial charge on any atom is -0.486 e. The molecule has 1 aliphatic rings. The number of hydrogen-bond acceptors (Lipinski definition) is 8. The van der Waals surface area contributed by atoms with Crippen LogP contribution >= 0.6 is 11.8 Å². The summed E-state index contributed by atoms with van der Waals surface area (Å²) in [5.41, 5.74) is 0. The highest BCUT2D eigenvalue weighted by Gasteiger charge is 2.21. The summed E-state index contributed by atoms with van der Waals surface area (Å²) < 4.78 is 12.7. The van der Waals surface area contributed by atoms with E-state index in [0.717, 1.165) is 11.8 Å². The number of urea groups is 1. The topological polar surface area (TPSA) is 120 Å². The number of tetrazole rings is 1. The number of nitrogens with one attached hydrogen (secondary N) is 2. The second-order valence-corrected chi connectivity index (χ2v) is 6.07. The van der Waals surface area contributed by atoms with E-state index in [1.54, 1.807) is 13.1 Å². The fourth-order valence-electron chi connectivity index (χ4n) is 2.05. The van der Waals surface area contributed by atoms with Gasteiger partial charge in [-0.1, -0.05) is 23.9 Å². The molecule has 0 saturated carbocycles. The van der Waals surface area contributed by atoms with Crippen LogP contribution in [-0.2, 0) is 11.8 Å². The summed E-state index contributed by atoms with van der Waals surface area (Å²) >= 11 is 1.13. The van der Waals surface area contributed by atoms with Crippen molar-refractivity contribution in [1.82, 2.24) is 30.8 Å². The van der Waals surface area contributed by atoms with Crippen LogP contribution in [0.4, 0.5) is 4.79 Å². The fourth-order valence-corrected chi connectivity index (χ4v) is 2.70. The van der Waals surface area contributed by atoms with Crippen molar-refractivity contribution in [3.05, 3.63) is 24.3 Å². The smallest absolute Gasteiger partial charge is 0.321 e. The highest BCUT2D eigenvalue weighted by atomic mass is 32.2. The van der Waals surface area contributed by atoms with Crippen molar-refractivity contribution in [2.75, 3.05) is 18.9 Å². The maximum Gasteiger partial charge on any atom is 0.321 e. The summed E-state index contributed by atoms with van der Waals surface area (Å²) in [6.07, 6.45) is -0.324. The molecule has 2 N–H and O–H groups in total. The molecule has 10 nitrogen and oxygen atoms in total. The number of nitrogens with zero attached hydrogens (tertiary/aromatic N) is 4. The molecule has 0 spiro atoms. The predicted molar refractivity (Wildman–Crippen MR) is 87.4 cm³/mol. The van der Waals surface area contributed by atoms with E-state index in [1.165, 1.54) is 4.68 Å². The van der Waals surface area contributed by atoms with Crippen LogP contribution in [0.5, 0.6) is 11.5 Å². The van der Waals surface area contributed by atoms with Crippen LogP contribution in [0.1, 0.15) is 0 Å². The largest absolute Gasteiger partial charge is 0.486 e. The molecule has 1 aromatic carbocycles. The van der Waals surface area contributed by atoms with Crippen molar-refractivity contribution in [1.29, 1.82) is 0 Å². The molecule has 2 aromatic rings. The number of para-hydroxylation sites is 2. The Kier molecular flexibility index (Phi) is 5.33. The minimum absolute atomic E-state index is 0.0258. The van der Waals surface area contributed by atoms with Crippen LogP contribution in [0.25, 0.3) is 0 Å². The van der Waals surface area contributed by atoms with Crippen LogP contribution < -0.4 is 20.1 Å². The number of hydrogen-bond donors (Lipinski definition) is 2. The number of aromatic nitrogens is 4. The summed E-state index contributed by atoms with van der Waals surface area (Å²) in [6, 6.07) is 6.71. The minimum atomic E-state index is -0.593. The molecule has 132 valence electrons. The number of carbonyl (C=O) groups is 2. The first kappa shape index (κ1) is 17.0. The molecule has 25 heavy (non-hydrogen) atoms. The van der Waals surface area contributed by atoms with Crippen molar-refractivity contribution in [2.24, 2.45) is 7.05 Å². The lowest BCUT2D eigenvalue weighted by molar-refractivity contribution is -0.117. The van der Waals surface area contributed by atoms with Gasteiger partial charge >= 0.3 is 6.03 Å². The maximum atomic E-state index is 11.8. The van der Waals surface area contributed by atoms with Gasteiger partial charge in [-0.05, 0) is 22.6 Å². The predicted octanol–water partition coefficient (Wildman–Crippen LogP) is -0.0320. The van der Waals surface area contributed by atoms with E-state index in [9.17, 15) is 9.59 Å². The lowest BCUT2D eigenvalue weighted by atomic mass is 10.2. The Morgan fingerprint density at radius 2 is 2.16 bits per heavy atom. The van der Waals surface area contributed by atoms with Crippen molar-refractivity contribution in [3.63, 3.8) is 0 Å². The molecule has 2 heterocycles. The van der Waals surface area contributed by atoms with Crippen LogP contribution in [0.2, 0.25) is 0 Å². The van der Waals surface area contributed by atoms with E-state index in [2.05, 4.69) is 26.2 Å². The molecule has 3 rings (SSSR count). The Morgan fingerprint density at radius 3 is 2.92 bits per heavy atom. The molecule has 0 bridgehead atoms. The fraction of sp³-hybridized carbons (Fsp3) is 0.357. The molecular weight excluding hydrogens is 348 g/mol. The number of ether oxygens (including phenoxy) is 2. The van der Waals surface area contributed by atoms with Gasteiger partial charge in [-0.25, -0.2) is 9.48 Å². The molecule has 0 unspecified atom stereocenters. The van der Waals surface area contributed by atoms with Gasteiger partial charge in [0.05, 0.1) is 12.3 Å². The van der Waals surface area contributed by atoms with E-state index < -0.39 is 11.9 Å². The van der Waals surface area contributed by atoms with Crippen molar-refractivity contribution in [2.45, 2.75) is 11.3 Å². The van der Waals surface area contributed by atoms with Gasteiger partial charge in [-0.2, -0.15) is 0 Å². The molecule has 1 aliphatic heterocycles. The van der Waals surface area contributed by atoms with Crippen LogP contribution in [-0.4, -0.2) is 57.2 Å². The molecule has 11 heteroatoms. The SMILES string of the molecule is Cn1nnnc1SCC(=O)NC(=O)NC[C@H]1COc2ccccc2O1. The van der Waals surface area contributed by atoms with E-state index in [1.807, 2.05) is 18.2 Å². The average molecular weight is 364 g/mol. The van der Waals surface area contributed by atoms with Crippen LogP contribution in [0, 0.1) is 0 Å². The maximum absolute atomic E-state index is 11.8. The lowest BCUT2D eigenvalue weighted by Gasteiger charge is -2.26. The van der Waals surface area contributed by atoms with Gasteiger partial charge in [0.15, 0.2) is 17.6 Å². The first-order valence-corrected chi connectivity index (χ1v) is 8.41. The Balaban J connectivity index is 1.38. The van der Waals surface area contributed by atoms with E-state index in [4.69, 9.17) is 9.47 Å². The lowest BCUT2D eigenvalue weighted by Crippen LogP contribution is -2.46. The number of carbonyl (C=O) groups excluding carboxylic acids is 2. The number of thioether (sulfide) groups is 1. The van der Waals surface area contributed by atoms with Gasteiger partial charge < -0.3 is 14.8 Å². The highest BCUT2D eigenvalue weighted by Crippen LogP contribution is 2.30. The van der Waals surface area contributed by atoms with Gasteiger partial charge in [0, 0.05) is 7.05 Å². The van der Waals surface area contributed by atoms with Crippen LogP contribution in [0.3, 0.4) is 0 Å². The zero-order valence-corrected chi connectivity index (χ0v) is 14.2. The number of rotatable bonds is 5. The second-order valence-electron chi connectivity index (χ2n) is 5.13. The zero-order chi connectivity index (χ0) is 17.6. The number of aryl methyl sites for hydroxylation is 1. The molecule has 3 amide bonds. The van der Waals surface area contributed by atoms with Gasteiger partial charge in [0.25, 0.3) is 0 Å². The van der Waals surface area contributed by atoms with E-state index in [-0.39, 0.29) is 18.4 Å². The first-order valence-electron chi connectivity index (χ1n) is 7.43. The van der Waals surface area contributed by atoms with Gasteiger partial charge in [-0.15, -0.1) is 5.10 Å². The number of benzene rings is 1. The molecule has 0 fully saturated rings. The monoisotopic (exact) mass is 364 g/mol. The highest BCUT2D eigenvalue weighted by molar-refractivity contribution is 7.99. The normalized spacial score (nSPS) is 15.5. The third-order valence-corrected chi connectivity index (χ3v) is 4.23.